The standard InChI is InChI=1S/C29H35N3O3/c1-23(34)31-28(14-15-30-16-17-32(22-33)21-24-8-4-3-5-9-24)19-25-10-6-11-26(18-25)27-12-7-13-29(20-27)35-2/h3-13,18,20,22,28,30H,14-17,19,21H2,1-2H3,(H,31,34)/t28-/m1/s1. The number of nitrogens with one attached hydrogen (secondary N) is 2. The van der Waals surface area contributed by atoms with Crippen molar-refractivity contribution in [2.24, 2.45) is 0 Å². The van der Waals surface area contributed by atoms with Crippen LogP contribution in [0.15, 0.2) is 78.9 Å². The first-order chi connectivity index (χ1) is 17.1. The second-order valence-electron chi connectivity index (χ2n) is 8.63. The Morgan fingerprint density at radius 3 is 2.37 bits per heavy atom. The van der Waals surface area contributed by atoms with Gasteiger partial charge in [-0.25, -0.2) is 0 Å². The smallest absolute Gasteiger partial charge is 0.217 e. The molecule has 3 rings (SSSR count). The summed E-state index contributed by atoms with van der Waals surface area (Å²) in [5.74, 6) is 0.793. The van der Waals surface area contributed by atoms with Gasteiger partial charge in [-0.1, -0.05) is 66.7 Å². The third-order valence-electron chi connectivity index (χ3n) is 5.84. The third-order valence-corrected chi connectivity index (χ3v) is 5.84. The normalized spacial score (nSPS) is 11.5. The first-order valence-electron chi connectivity index (χ1n) is 12.0. The predicted molar refractivity (Wildman–Crippen MR) is 140 cm³/mol. The van der Waals surface area contributed by atoms with Gasteiger partial charge >= 0.3 is 0 Å². The Morgan fingerprint density at radius 2 is 1.66 bits per heavy atom. The molecule has 0 saturated heterocycles. The molecule has 0 aliphatic heterocycles. The van der Waals surface area contributed by atoms with Crippen LogP contribution in [0.4, 0.5) is 0 Å². The van der Waals surface area contributed by atoms with Gasteiger partial charge in [0.15, 0.2) is 0 Å². The Morgan fingerprint density at radius 1 is 0.943 bits per heavy atom. The highest BCUT2D eigenvalue weighted by atomic mass is 16.5. The molecule has 0 spiro atoms. The molecule has 184 valence electrons. The topological polar surface area (TPSA) is 70.7 Å². The number of hydrogen-bond acceptors (Lipinski definition) is 4. The molecule has 2 N–H and O–H groups in total. The van der Waals surface area contributed by atoms with Crippen molar-refractivity contribution in [2.45, 2.75) is 32.4 Å². The molecule has 0 unspecified atom stereocenters. The van der Waals surface area contributed by atoms with Gasteiger partial charge in [-0.15, -0.1) is 0 Å². The molecule has 3 aromatic rings. The lowest BCUT2D eigenvalue weighted by Gasteiger charge is -2.20. The zero-order chi connectivity index (χ0) is 24.9. The maximum atomic E-state index is 11.8. The van der Waals surface area contributed by atoms with Gasteiger partial charge in [0.05, 0.1) is 7.11 Å². The first-order valence-corrected chi connectivity index (χ1v) is 12.0. The fraction of sp³-hybridized carbons (Fsp3) is 0.310. The van der Waals surface area contributed by atoms with E-state index in [1.807, 2.05) is 54.6 Å². The lowest BCUT2D eigenvalue weighted by Crippen LogP contribution is -2.38. The molecule has 0 aliphatic carbocycles. The number of ether oxygens (including phenoxy) is 1. The fourth-order valence-corrected chi connectivity index (χ4v) is 4.09. The van der Waals surface area contributed by atoms with Crippen molar-refractivity contribution in [1.29, 1.82) is 0 Å². The minimum absolute atomic E-state index is 0.0204. The van der Waals surface area contributed by atoms with E-state index in [4.69, 9.17) is 4.74 Å². The quantitative estimate of drug-likeness (QED) is 0.274. The van der Waals surface area contributed by atoms with Gasteiger partial charge in [0, 0.05) is 32.6 Å². The molecule has 6 heteroatoms. The average molecular weight is 474 g/mol. The van der Waals surface area contributed by atoms with E-state index in [1.54, 1.807) is 18.9 Å². The maximum Gasteiger partial charge on any atom is 0.217 e. The number of hydrogen-bond donors (Lipinski definition) is 2. The van der Waals surface area contributed by atoms with Crippen LogP contribution in [-0.4, -0.2) is 50.0 Å². The molecule has 0 heterocycles. The Balaban J connectivity index is 1.51. The summed E-state index contributed by atoms with van der Waals surface area (Å²) >= 11 is 0. The number of benzene rings is 3. The van der Waals surface area contributed by atoms with Gasteiger partial charge < -0.3 is 20.3 Å². The Hall–Kier alpha value is -3.64. The van der Waals surface area contributed by atoms with Crippen LogP contribution in [0.3, 0.4) is 0 Å². The molecule has 0 bridgehead atoms. The predicted octanol–water partition coefficient (Wildman–Crippen LogP) is 4.05. The van der Waals surface area contributed by atoms with Crippen molar-refractivity contribution in [3.8, 4) is 16.9 Å². The average Bonchev–Trinajstić information content (AvgIpc) is 2.88. The van der Waals surface area contributed by atoms with Gasteiger partial charge in [-0.3, -0.25) is 9.59 Å². The maximum absolute atomic E-state index is 11.8. The number of carbonyl (C=O) groups excluding carboxylic acids is 2. The zero-order valence-corrected chi connectivity index (χ0v) is 20.6. The molecule has 0 radical (unpaired) electrons. The summed E-state index contributed by atoms with van der Waals surface area (Å²) in [5.41, 5.74) is 4.49. The molecule has 0 saturated carbocycles. The van der Waals surface area contributed by atoms with Crippen LogP contribution in [0.5, 0.6) is 5.75 Å². The zero-order valence-electron chi connectivity index (χ0n) is 20.6. The lowest BCUT2D eigenvalue weighted by molar-refractivity contribution is -0.120. The van der Waals surface area contributed by atoms with Crippen LogP contribution in [0.1, 0.15) is 24.5 Å². The van der Waals surface area contributed by atoms with Crippen LogP contribution in [0.2, 0.25) is 0 Å². The fourth-order valence-electron chi connectivity index (χ4n) is 4.09. The molecular weight excluding hydrogens is 438 g/mol. The van der Waals surface area contributed by atoms with Crippen molar-refractivity contribution < 1.29 is 14.3 Å². The van der Waals surface area contributed by atoms with E-state index in [1.165, 1.54) is 5.56 Å². The van der Waals surface area contributed by atoms with Crippen LogP contribution in [0, 0.1) is 0 Å². The van der Waals surface area contributed by atoms with Gasteiger partial charge in [-0.2, -0.15) is 0 Å². The lowest BCUT2D eigenvalue weighted by atomic mass is 9.98. The molecule has 35 heavy (non-hydrogen) atoms. The Labute approximate surface area is 208 Å². The van der Waals surface area contributed by atoms with Crippen LogP contribution in [0.25, 0.3) is 11.1 Å². The second-order valence-corrected chi connectivity index (χ2v) is 8.63. The Bertz CT molecular complexity index is 1070. The number of amides is 2. The van der Waals surface area contributed by atoms with Gasteiger partial charge in [-0.05, 0) is 53.8 Å². The molecular formula is C29H35N3O3. The van der Waals surface area contributed by atoms with E-state index in [-0.39, 0.29) is 11.9 Å². The first kappa shape index (κ1) is 26.0. The monoisotopic (exact) mass is 473 g/mol. The van der Waals surface area contributed by atoms with Crippen molar-refractivity contribution in [1.82, 2.24) is 15.5 Å². The van der Waals surface area contributed by atoms with Gasteiger partial charge in [0.1, 0.15) is 5.75 Å². The minimum Gasteiger partial charge on any atom is -0.497 e. The number of carbonyl (C=O) groups is 2. The molecule has 3 aromatic carbocycles. The van der Waals surface area contributed by atoms with Crippen LogP contribution < -0.4 is 15.4 Å². The molecule has 0 aromatic heterocycles. The van der Waals surface area contributed by atoms with E-state index in [0.29, 0.717) is 19.6 Å². The van der Waals surface area contributed by atoms with Gasteiger partial charge in [0.2, 0.25) is 12.3 Å². The summed E-state index contributed by atoms with van der Waals surface area (Å²) in [6, 6.07) is 26.4. The summed E-state index contributed by atoms with van der Waals surface area (Å²) in [7, 11) is 1.67. The molecule has 1 atom stereocenters. The van der Waals surface area contributed by atoms with E-state index in [2.05, 4.69) is 34.9 Å². The number of nitrogens with zero attached hydrogens (tertiary/aromatic N) is 1. The molecule has 2 amide bonds. The van der Waals surface area contributed by atoms with Crippen molar-refractivity contribution in [2.75, 3.05) is 26.7 Å². The molecule has 6 nitrogen and oxygen atoms in total. The second kappa shape index (κ2) is 13.9. The van der Waals surface area contributed by atoms with Crippen molar-refractivity contribution in [3.05, 3.63) is 90.0 Å². The van der Waals surface area contributed by atoms with Crippen LogP contribution in [-0.2, 0) is 22.6 Å². The summed E-state index contributed by atoms with van der Waals surface area (Å²) in [5, 5.41) is 6.49. The summed E-state index contributed by atoms with van der Waals surface area (Å²) in [4.78, 5) is 25.0. The Kier molecular flexibility index (Phi) is 10.3. The van der Waals surface area contributed by atoms with E-state index in [0.717, 1.165) is 48.2 Å². The van der Waals surface area contributed by atoms with E-state index < -0.39 is 0 Å². The molecule has 0 fully saturated rings. The van der Waals surface area contributed by atoms with Crippen molar-refractivity contribution >= 4 is 12.3 Å². The van der Waals surface area contributed by atoms with E-state index >= 15 is 0 Å². The highest BCUT2D eigenvalue weighted by Gasteiger charge is 2.12. The third kappa shape index (κ3) is 8.91. The largest absolute Gasteiger partial charge is 0.497 e. The number of methoxy groups -OCH3 is 1. The number of rotatable bonds is 14. The summed E-state index contributed by atoms with van der Waals surface area (Å²) < 4.78 is 5.35. The SMILES string of the molecule is COc1cccc(-c2cccc(C[C@@H](CCNCCN(C=O)Cc3ccccc3)NC(C)=O)c2)c1. The van der Waals surface area contributed by atoms with Gasteiger partial charge in [0.25, 0.3) is 0 Å². The molecule has 0 aliphatic rings. The highest BCUT2D eigenvalue weighted by molar-refractivity contribution is 5.73. The minimum atomic E-state index is -0.0334. The highest BCUT2D eigenvalue weighted by Crippen LogP contribution is 2.25. The van der Waals surface area contributed by atoms with Crippen LogP contribution >= 0.6 is 0 Å². The summed E-state index contributed by atoms with van der Waals surface area (Å²) in [6.07, 6.45) is 2.43. The summed E-state index contributed by atoms with van der Waals surface area (Å²) in [6.45, 7) is 4.23. The van der Waals surface area contributed by atoms with E-state index in [9.17, 15) is 9.59 Å². The van der Waals surface area contributed by atoms with Crippen molar-refractivity contribution in [3.63, 3.8) is 0 Å².